The molecule has 0 fully saturated rings. The predicted molar refractivity (Wildman–Crippen MR) is 73.6 cm³/mol. The summed E-state index contributed by atoms with van der Waals surface area (Å²) in [6, 6.07) is 0.608. The molecular formula is C14H26N2O2. The van der Waals surface area contributed by atoms with Crippen LogP contribution in [0.4, 0.5) is 4.79 Å². The molecule has 1 aliphatic rings. The number of nitrogens with one attached hydrogen (secondary N) is 2. The first-order valence-corrected chi connectivity index (χ1v) is 6.82. The molecule has 0 aromatic carbocycles. The second-order valence-corrected chi connectivity index (χ2v) is 5.72. The van der Waals surface area contributed by atoms with Crippen LogP contribution in [0.15, 0.2) is 12.2 Å². The summed E-state index contributed by atoms with van der Waals surface area (Å²) < 4.78 is 5.15. The van der Waals surface area contributed by atoms with E-state index in [0.29, 0.717) is 12.6 Å². The van der Waals surface area contributed by atoms with E-state index in [1.807, 2.05) is 20.8 Å². The summed E-state index contributed by atoms with van der Waals surface area (Å²) in [6.07, 6.45) is 8.59. The van der Waals surface area contributed by atoms with Crippen LogP contribution in [0, 0.1) is 0 Å². The van der Waals surface area contributed by atoms with E-state index in [-0.39, 0.29) is 6.09 Å². The van der Waals surface area contributed by atoms with E-state index in [4.69, 9.17) is 4.74 Å². The Hall–Kier alpha value is -1.03. The molecule has 4 nitrogen and oxygen atoms in total. The molecule has 1 unspecified atom stereocenters. The first-order chi connectivity index (χ1) is 8.47. The van der Waals surface area contributed by atoms with Crippen LogP contribution in [0.3, 0.4) is 0 Å². The SMILES string of the molecule is CC(C)(C)OC(=O)NCCCNC1CC=CCC1. The largest absolute Gasteiger partial charge is 0.444 e. The number of ether oxygens (including phenoxy) is 1. The molecule has 1 amide bonds. The maximum absolute atomic E-state index is 11.4. The summed E-state index contributed by atoms with van der Waals surface area (Å²) in [5.74, 6) is 0. The third-order valence-electron chi connectivity index (χ3n) is 2.72. The molecule has 0 aromatic rings. The van der Waals surface area contributed by atoms with Gasteiger partial charge in [0.25, 0.3) is 0 Å². The quantitative estimate of drug-likeness (QED) is 0.585. The first kappa shape index (κ1) is 15.0. The molecule has 0 saturated heterocycles. The lowest BCUT2D eigenvalue weighted by atomic mass is 10.0. The van der Waals surface area contributed by atoms with Crippen molar-refractivity contribution in [3.63, 3.8) is 0 Å². The number of hydrogen-bond acceptors (Lipinski definition) is 3. The van der Waals surface area contributed by atoms with Crippen molar-refractivity contribution in [1.29, 1.82) is 0 Å². The van der Waals surface area contributed by atoms with Crippen LogP contribution in [0.5, 0.6) is 0 Å². The Balaban J connectivity index is 1.98. The predicted octanol–water partition coefficient (Wildman–Crippen LogP) is 2.60. The molecule has 1 atom stereocenters. The summed E-state index contributed by atoms with van der Waals surface area (Å²) in [7, 11) is 0. The molecule has 0 saturated carbocycles. The summed E-state index contributed by atoms with van der Waals surface area (Å²) in [6.45, 7) is 7.19. The highest BCUT2D eigenvalue weighted by molar-refractivity contribution is 5.67. The Labute approximate surface area is 110 Å². The topological polar surface area (TPSA) is 50.4 Å². The number of carbonyl (C=O) groups is 1. The van der Waals surface area contributed by atoms with Crippen molar-refractivity contribution in [2.45, 2.75) is 58.1 Å². The monoisotopic (exact) mass is 254 g/mol. The Morgan fingerprint density at radius 2 is 2.11 bits per heavy atom. The highest BCUT2D eigenvalue weighted by Crippen LogP contribution is 2.10. The molecular weight excluding hydrogens is 228 g/mol. The average molecular weight is 254 g/mol. The minimum absolute atomic E-state index is 0.330. The maximum atomic E-state index is 11.4. The molecule has 1 rings (SSSR count). The Kier molecular flexibility index (Phi) is 6.19. The zero-order valence-corrected chi connectivity index (χ0v) is 11.8. The van der Waals surface area contributed by atoms with Crippen LogP contribution < -0.4 is 10.6 Å². The normalized spacial score (nSPS) is 19.6. The molecule has 0 heterocycles. The molecule has 0 bridgehead atoms. The molecule has 4 heteroatoms. The lowest BCUT2D eigenvalue weighted by Crippen LogP contribution is -2.35. The Morgan fingerprint density at radius 3 is 2.72 bits per heavy atom. The van der Waals surface area contributed by atoms with Gasteiger partial charge < -0.3 is 15.4 Å². The van der Waals surface area contributed by atoms with Crippen LogP contribution in [0.25, 0.3) is 0 Å². The zero-order chi connectivity index (χ0) is 13.4. The fraction of sp³-hybridized carbons (Fsp3) is 0.786. The van der Waals surface area contributed by atoms with Gasteiger partial charge in [0.05, 0.1) is 0 Å². The van der Waals surface area contributed by atoms with Gasteiger partial charge in [0.2, 0.25) is 0 Å². The Bertz CT molecular complexity index is 282. The number of allylic oxidation sites excluding steroid dienone is 1. The minimum Gasteiger partial charge on any atom is -0.444 e. The van der Waals surface area contributed by atoms with Crippen LogP contribution in [-0.4, -0.2) is 30.8 Å². The van der Waals surface area contributed by atoms with Gasteiger partial charge in [-0.2, -0.15) is 0 Å². The lowest BCUT2D eigenvalue weighted by molar-refractivity contribution is 0.0527. The van der Waals surface area contributed by atoms with E-state index in [2.05, 4.69) is 22.8 Å². The molecule has 0 spiro atoms. The molecule has 0 aliphatic heterocycles. The molecule has 0 aromatic heterocycles. The summed E-state index contributed by atoms with van der Waals surface area (Å²) in [4.78, 5) is 11.4. The standard InChI is InChI=1S/C14H26N2O2/c1-14(2,3)18-13(17)16-11-7-10-15-12-8-5-4-6-9-12/h4-5,12,15H,6-11H2,1-3H3,(H,16,17). The third kappa shape index (κ3) is 7.33. The fourth-order valence-electron chi connectivity index (χ4n) is 1.88. The first-order valence-electron chi connectivity index (χ1n) is 6.82. The molecule has 104 valence electrons. The maximum Gasteiger partial charge on any atom is 0.407 e. The van der Waals surface area contributed by atoms with Crippen molar-refractivity contribution in [2.24, 2.45) is 0 Å². The van der Waals surface area contributed by atoms with Crippen molar-refractivity contribution in [3.8, 4) is 0 Å². The molecule has 2 N–H and O–H groups in total. The molecule has 18 heavy (non-hydrogen) atoms. The van der Waals surface area contributed by atoms with E-state index in [1.165, 1.54) is 12.8 Å². The number of amides is 1. The number of rotatable bonds is 5. The van der Waals surface area contributed by atoms with Gasteiger partial charge in [-0.15, -0.1) is 0 Å². The highest BCUT2D eigenvalue weighted by Gasteiger charge is 2.15. The van der Waals surface area contributed by atoms with E-state index < -0.39 is 5.60 Å². The highest BCUT2D eigenvalue weighted by atomic mass is 16.6. The number of carbonyl (C=O) groups excluding carboxylic acids is 1. The lowest BCUT2D eigenvalue weighted by Gasteiger charge is -2.20. The van der Waals surface area contributed by atoms with Crippen molar-refractivity contribution < 1.29 is 9.53 Å². The smallest absolute Gasteiger partial charge is 0.407 e. The van der Waals surface area contributed by atoms with Gasteiger partial charge in [0, 0.05) is 12.6 Å². The van der Waals surface area contributed by atoms with Gasteiger partial charge in [-0.1, -0.05) is 12.2 Å². The van der Waals surface area contributed by atoms with Crippen molar-refractivity contribution in [2.75, 3.05) is 13.1 Å². The summed E-state index contributed by atoms with van der Waals surface area (Å²) in [5.41, 5.74) is -0.420. The van der Waals surface area contributed by atoms with Crippen LogP contribution in [-0.2, 0) is 4.74 Å². The van der Waals surface area contributed by atoms with Gasteiger partial charge in [0.15, 0.2) is 0 Å². The zero-order valence-electron chi connectivity index (χ0n) is 11.8. The van der Waals surface area contributed by atoms with Crippen LogP contribution in [0.1, 0.15) is 46.5 Å². The van der Waals surface area contributed by atoms with Gasteiger partial charge in [-0.25, -0.2) is 4.79 Å². The average Bonchev–Trinajstić information content (AvgIpc) is 2.27. The molecule has 0 radical (unpaired) electrons. The number of alkyl carbamates (subject to hydrolysis) is 1. The summed E-state index contributed by atoms with van der Waals surface area (Å²) in [5, 5.41) is 6.26. The van der Waals surface area contributed by atoms with Crippen molar-refractivity contribution >= 4 is 6.09 Å². The third-order valence-corrected chi connectivity index (χ3v) is 2.72. The van der Waals surface area contributed by atoms with Gasteiger partial charge in [-0.05, 0) is 53.0 Å². The summed E-state index contributed by atoms with van der Waals surface area (Å²) >= 11 is 0. The van der Waals surface area contributed by atoms with E-state index in [9.17, 15) is 4.79 Å². The van der Waals surface area contributed by atoms with Crippen molar-refractivity contribution in [1.82, 2.24) is 10.6 Å². The van der Waals surface area contributed by atoms with E-state index in [0.717, 1.165) is 19.4 Å². The van der Waals surface area contributed by atoms with Gasteiger partial charge in [0.1, 0.15) is 5.60 Å². The Morgan fingerprint density at radius 1 is 1.33 bits per heavy atom. The van der Waals surface area contributed by atoms with Crippen LogP contribution in [0.2, 0.25) is 0 Å². The van der Waals surface area contributed by atoms with E-state index in [1.54, 1.807) is 0 Å². The molecule has 1 aliphatic carbocycles. The fourth-order valence-corrected chi connectivity index (χ4v) is 1.88. The second kappa shape index (κ2) is 7.41. The van der Waals surface area contributed by atoms with E-state index >= 15 is 0 Å². The van der Waals surface area contributed by atoms with Crippen molar-refractivity contribution in [3.05, 3.63) is 12.2 Å². The second-order valence-electron chi connectivity index (χ2n) is 5.72. The number of hydrogen-bond donors (Lipinski definition) is 2. The van der Waals surface area contributed by atoms with Crippen LogP contribution >= 0.6 is 0 Å². The van der Waals surface area contributed by atoms with Gasteiger partial charge in [-0.3, -0.25) is 0 Å². The van der Waals surface area contributed by atoms with Gasteiger partial charge >= 0.3 is 6.09 Å². The minimum atomic E-state index is -0.420.